The van der Waals surface area contributed by atoms with Crippen LogP contribution in [0.4, 0.5) is 0 Å². The molecule has 1 fully saturated rings. The molecule has 0 radical (unpaired) electrons. The van der Waals surface area contributed by atoms with Gasteiger partial charge in [-0.15, -0.1) is 0 Å². The van der Waals surface area contributed by atoms with Crippen LogP contribution in [-0.2, 0) is 9.47 Å². The lowest BCUT2D eigenvalue weighted by atomic mass is 10.3. The molecule has 1 aromatic rings. The van der Waals surface area contributed by atoms with E-state index in [1.54, 1.807) is 12.1 Å². The first kappa shape index (κ1) is 10.7. The van der Waals surface area contributed by atoms with Crippen molar-refractivity contribution in [2.75, 3.05) is 26.4 Å². The SMILES string of the molecule is Clc1ccc(OCCOCC2CO2)cc1. The highest BCUT2D eigenvalue weighted by Crippen LogP contribution is 2.15. The Morgan fingerprint density at radius 1 is 1.27 bits per heavy atom. The fraction of sp³-hybridized carbons (Fsp3) is 0.455. The molecule has 3 nitrogen and oxygen atoms in total. The third-order valence-electron chi connectivity index (χ3n) is 2.02. The van der Waals surface area contributed by atoms with Crippen LogP contribution in [0.5, 0.6) is 5.75 Å². The summed E-state index contributed by atoms with van der Waals surface area (Å²) in [6.45, 7) is 2.64. The molecule has 0 bridgehead atoms. The minimum Gasteiger partial charge on any atom is -0.491 e. The summed E-state index contributed by atoms with van der Waals surface area (Å²) in [6.07, 6.45) is 0.320. The molecule has 0 aliphatic carbocycles. The normalized spacial score (nSPS) is 18.9. The highest BCUT2D eigenvalue weighted by atomic mass is 35.5. The van der Waals surface area contributed by atoms with Crippen molar-refractivity contribution in [1.82, 2.24) is 0 Å². The molecule has 1 aromatic carbocycles. The maximum Gasteiger partial charge on any atom is 0.119 e. The summed E-state index contributed by atoms with van der Waals surface area (Å²) in [4.78, 5) is 0. The van der Waals surface area contributed by atoms with Crippen molar-refractivity contribution in [2.45, 2.75) is 6.10 Å². The monoisotopic (exact) mass is 228 g/mol. The zero-order valence-electron chi connectivity index (χ0n) is 8.32. The van der Waals surface area contributed by atoms with Crippen molar-refractivity contribution >= 4 is 11.6 Å². The Hall–Kier alpha value is -0.770. The van der Waals surface area contributed by atoms with Gasteiger partial charge in [0.05, 0.1) is 19.8 Å². The molecule has 0 saturated carbocycles. The van der Waals surface area contributed by atoms with E-state index in [9.17, 15) is 0 Å². The van der Waals surface area contributed by atoms with E-state index in [1.807, 2.05) is 12.1 Å². The second kappa shape index (κ2) is 5.35. The maximum absolute atomic E-state index is 5.74. The quantitative estimate of drug-likeness (QED) is 0.552. The summed E-state index contributed by atoms with van der Waals surface area (Å²) in [5, 5.41) is 0.712. The number of ether oxygens (including phenoxy) is 3. The molecule has 1 atom stereocenters. The summed E-state index contributed by atoms with van der Waals surface area (Å²) >= 11 is 5.74. The van der Waals surface area contributed by atoms with Gasteiger partial charge in [-0.3, -0.25) is 0 Å². The van der Waals surface area contributed by atoms with Crippen LogP contribution >= 0.6 is 11.6 Å². The van der Waals surface area contributed by atoms with E-state index in [4.69, 9.17) is 25.8 Å². The summed E-state index contributed by atoms with van der Waals surface area (Å²) < 4.78 is 15.8. The van der Waals surface area contributed by atoms with Crippen LogP contribution in [0.25, 0.3) is 0 Å². The smallest absolute Gasteiger partial charge is 0.119 e. The molecule has 4 heteroatoms. The zero-order valence-corrected chi connectivity index (χ0v) is 9.07. The number of benzene rings is 1. The molecule has 0 N–H and O–H groups in total. The molecule has 1 unspecified atom stereocenters. The van der Waals surface area contributed by atoms with Crippen LogP contribution < -0.4 is 4.74 Å². The highest BCUT2D eigenvalue weighted by molar-refractivity contribution is 6.30. The second-order valence-corrected chi connectivity index (χ2v) is 3.77. The first-order valence-corrected chi connectivity index (χ1v) is 5.30. The van der Waals surface area contributed by atoms with Crippen LogP contribution in [0.3, 0.4) is 0 Å². The van der Waals surface area contributed by atoms with Gasteiger partial charge in [-0.25, -0.2) is 0 Å². The summed E-state index contributed by atoms with van der Waals surface area (Å²) in [6, 6.07) is 7.28. The fourth-order valence-corrected chi connectivity index (χ4v) is 1.25. The molecule has 0 aromatic heterocycles. The second-order valence-electron chi connectivity index (χ2n) is 3.33. The summed E-state index contributed by atoms with van der Waals surface area (Å²) in [7, 11) is 0. The number of rotatable bonds is 6. The average Bonchev–Trinajstić information content (AvgIpc) is 3.04. The molecule has 0 spiro atoms. The molecule has 82 valence electrons. The predicted octanol–water partition coefficient (Wildman–Crippen LogP) is 2.13. The minimum absolute atomic E-state index is 0.320. The van der Waals surface area contributed by atoms with Crippen molar-refractivity contribution in [3.8, 4) is 5.75 Å². The lowest BCUT2D eigenvalue weighted by molar-refractivity contribution is 0.0878. The third kappa shape index (κ3) is 4.08. The summed E-state index contributed by atoms with van der Waals surface area (Å²) in [5.74, 6) is 0.811. The standard InChI is InChI=1S/C11H13ClO3/c12-9-1-3-10(4-2-9)14-6-5-13-7-11-8-15-11/h1-4,11H,5-8H2. The summed E-state index contributed by atoms with van der Waals surface area (Å²) in [5.41, 5.74) is 0. The lowest BCUT2D eigenvalue weighted by Crippen LogP contribution is -2.09. The number of epoxide rings is 1. The van der Waals surface area contributed by atoms with E-state index in [2.05, 4.69) is 0 Å². The van der Waals surface area contributed by atoms with Gasteiger partial charge in [0, 0.05) is 5.02 Å². The van der Waals surface area contributed by atoms with Gasteiger partial charge >= 0.3 is 0 Å². The van der Waals surface area contributed by atoms with Gasteiger partial charge < -0.3 is 14.2 Å². The van der Waals surface area contributed by atoms with Crippen LogP contribution in [0.1, 0.15) is 0 Å². The molecule has 1 aliphatic heterocycles. The van der Waals surface area contributed by atoms with Crippen LogP contribution in [0.2, 0.25) is 5.02 Å². The first-order valence-electron chi connectivity index (χ1n) is 4.92. The fourth-order valence-electron chi connectivity index (χ4n) is 1.13. The van der Waals surface area contributed by atoms with Crippen molar-refractivity contribution in [1.29, 1.82) is 0 Å². The van der Waals surface area contributed by atoms with Gasteiger partial charge in [0.2, 0.25) is 0 Å². The molecule has 1 aliphatic rings. The van der Waals surface area contributed by atoms with E-state index >= 15 is 0 Å². The number of halogens is 1. The van der Waals surface area contributed by atoms with E-state index in [0.29, 0.717) is 30.9 Å². The number of hydrogen-bond donors (Lipinski definition) is 0. The molecule has 15 heavy (non-hydrogen) atoms. The van der Waals surface area contributed by atoms with E-state index in [1.165, 1.54) is 0 Å². The van der Waals surface area contributed by atoms with E-state index in [-0.39, 0.29) is 0 Å². The maximum atomic E-state index is 5.74. The van der Waals surface area contributed by atoms with Crippen LogP contribution in [0.15, 0.2) is 24.3 Å². The lowest BCUT2D eigenvalue weighted by Gasteiger charge is -2.06. The Morgan fingerprint density at radius 2 is 2.00 bits per heavy atom. The van der Waals surface area contributed by atoms with Gasteiger partial charge in [-0.2, -0.15) is 0 Å². The molecular weight excluding hydrogens is 216 g/mol. The van der Waals surface area contributed by atoms with Crippen molar-refractivity contribution in [3.63, 3.8) is 0 Å². The third-order valence-corrected chi connectivity index (χ3v) is 2.27. The Bertz CT molecular complexity index is 295. The largest absolute Gasteiger partial charge is 0.491 e. The van der Waals surface area contributed by atoms with Crippen LogP contribution in [0, 0.1) is 0 Å². The molecule has 1 saturated heterocycles. The topological polar surface area (TPSA) is 31.0 Å². The van der Waals surface area contributed by atoms with Crippen molar-refractivity contribution < 1.29 is 14.2 Å². The van der Waals surface area contributed by atoms with Gasteiger partial charge in [0.25, 0.3) is 0 Å². The van der Waals surface area contributed by atoms with E-state index in [0.717, 1.165) is 12.4 Å². The highest BCUT2D eigenvalue weighted by Gasteiger charge is 2.21. The van der Waals surface area contributed by atoms with Gasteiger partial charge in [0.1, 0.15) is 18.5 Å². The molecular formula is C11H13ClO3. The molecule has 0 amide bonds. The Kier molecular flexibility index (Phi) is 3.83. The van der Waals surface area contributed by atoms with Gasteiger partial charge in [0.15, 0.2) is 0 Å². The first-order chi connectivity index (χ1) is 7.34. The average molecular weight is 229 g/mol. The minimum atomic E-state index is 0.320. The van der Waals surface area contributed by atoms with Crippen LogP contribution in [-0.4, -0.2) is 32.5 Å². The van der Waals surface area contributed by atoms with Gasteiger partial charge in [-0.1, -0.05) is 11.6 Å². The Morgan fingerprint density at radius 3 is 2.67 bits per heavy atom. The predicted molar refractivity (Wildman–Crippen MR) is 57.5 cm³/mol. The van der Waals surface area contributed by atoms with Gasteiger partial charge in [-0.05, 0) is 24.3 Å². The van der Waals surface area contributed by atoms with Crippen molar-refractivity contribution in [2.24, 2.45) is 0 Å². The number of hydrogen-bond acceptors (Lipinski definition) is 3. The molecule has 1 heterocycles. The molecule has 2 rings (SSSR count). The van der Waals surface area contributed by atoms with E-state index < -0.39 is 0 Å². The Balaban J connectivity index is 1.58. The Labute approximate surface area is 93.9 Å². The zero-order chi connectivity index (χ0) is 10.5. The van der Waals surface area contributed by atoms with Crippen molar-refractivity contribution in [3.05, 3.63) is 29.3 Å².